The van der Waals surface area contributed by atoms with Crippen LogP contribution in [0.15, 0.2) is 50.0 Å². The van der Waals surface area contributed by atoms with Gasteiger partial charge in [-0.3, -0.25) is 9.36 Å². The van der Waals surface area contributed by atoms with Crippen molar-refractivity contribution in [2.75, 3.05) is 11.1 Å². The van der Waals surface area contributed by atoms with Crippen LogP contribution in [0.25, 0.3) is 20.4 Å². The monoisotopic (exact) mass is 521 g/mol. The highest BCUT2D eigenvalue weighted by molar-refractivity contribution is 9.10. The number of rotatable bonds is 10. The molecular formula is C22H24BrN3OS3. The Bertz CT molecular complexity index is 1200. The number of anilines is 1. The number of hydrogen-bond donors (Lipinski definition) is 1. The van der Waals surface area contributed by atoms with Crippen LogP contribution >= 0.6 is 50.4 Å². The SMILES string of the molecule is CCCCCCCSc1nc2ccc(NCn3c(=O)sc4cc(Br)ccc43)cc2s1. The molecule has 0 bridgehead atoms. The molecule has 2 heterocycles. The Hall–Kier alpha value is -1.35. The number of fused-ring (bicyclic) bond motifs is 2. The standard InChI is InChI=1S/C22H24BrN3OS3/c1-2-3-4-5-6-11-28-21-25-17-9-8-16(13-19(17)29-21)24-14-26-18-10-7-15(23)12-20(18)30-22(26)27/h7-10,12-13,24H,2-6,11,14H2,1H3. The van der Waals surface area contributed by atoms with Crippen molar-refractivity contribution >= 4 is 76.5 Å². The average Bonchev–Trinajstić information content (AvgIpc) is 3.27. The molecule has 8 heteroatoms. The highest BCUT2D eigenvalue weighted by atomic mass is 79.9. The van der Waals surface area contributed by atoms with E-state index in [0.717, 1.165) is 36.0 Å². The molecule has 0 unspecified atom stereocenters. The largest absolute Gasteiger partial charge is 0.367 e. The highest BCUT2D eigenvalue weighted by Gasteiger charge is 2.09. The summed E-state index contributed by atoms with van der Waals surface area (Å²) in [4.78, 5) is 17.2. The summed E-state index contributed by atoms with van der Waals surface area (Å²) in [7, 11) is 0. The molecule has 0 amide bonds. The van der Waals surface area contributed by atoms with Crippen LogP contribution in [0.4, 0.5) is 5.69 Å². The van der Waals surface area contributed by atoms with Gasteiger partial charge in [0.15, 0.2) is 4.34 Å². The van der Waals surface area contributed by atoms with E-state index in [4.69, 9.17) is 4.98 Å². The van der Waals surface area contributed by atoms with Crippen LogP contribution < -0.4 is 10.2 Å². The molecule has 4 aromatic rings. The quantitative estimate of drug-likeness (QED) is 0.172. The van der Waals surface area contributed by atoms with Gasteiger partial charge in [0.25, 0.3) is 0 Å². The molecule has 4 rings (SSSR count). The molecule has 0 spiro atoms. The number of nitrogens with zero attached hydrogens (tertiary/aromatic N) is 2. The Morgan fingerprint density at radius 1 is 1.07 bits per heavy atom. The van der Waals surface area contributed by atoms with E-state index in [-0.39, 0.29) is 4.87 Å². The summed E-state index contributed by atoms with van der Waals surface area (Å²) in [6.07, 6.45) is 6.54. The van der Waals surface area contributed by atoms with Crippen molar-refractivity contribution in [3.63, 3.8) is 0 Å². The summed E-state index contributed by atoms with van der Waals surface area (Å²) >= 11 is 8.36. The predicted molar refractivity (Wildman–Crippen MR) is 137 cm³/mol. The van der Waals surface area contributed by atoms with Gasteiger partial charge in [0, 0.05) is 15.9 Å². The lowest BCUT2D eigenvalue weighted by Gasteiger charge is -2.08. The first kappa shape index (κ1) is 21.9. The maximum Gasteiger partial charge on any atom is 0.309 e. The molecule has 0 aliphatic heterocycles. The van der Waals surface area contributed by atoms with Gasteiger partial charge in [-0.05, 0) is 42.8 Å². The number of unbranched alkanes of at least 4 members (excludes halogenated alkanes) is 4. The summed E-state index contributed by atoms with van der Waals surface area (Å²) in [6, 6.07) is 12.2. The smallest absolute Gasteiger partial charge is 0.309 e. The Balaban J connectivity index is 1.39. The molecule has 4 nitrogen and oxygen atoms in total. The number of nitrogens with one attached hydrogen (secondary N) is 1. The molecule has 0 radical (unpaired) electrons. The molecule has 0 aliphatic rings. The van der Waals surface area contributed by atoms with E-state index >= 15 is 0 Å². The van der Waals surface area contributed by atoms with Crippen LogP contribution in [-0.4, -0.2) is 15.3 Å². The normalized spacial score (nSPS) is 11.5. The third-order valence-electron chi connectivity index (χ3n) is 4.91. The van der Waals surface area contributed by atoms with Crippen molar-refractivity contribution in [2.45, 2.75) is 50.0 Å². The number of benzene rings is 2. The molecule has 2 aromatic carbocycles. The summed E-state index contributed by atoms with van der Waals surface area (Å²) in [5.41, 5.74) is 3.00. The van der Waals surface area contributed by atoms with E-state index in [0.29, 0.717) is 6.67 Å². The molecule has 0 atom stereocenters. The summed E-state index contributed by atoms with van der Waals surface area (Å²) in [5.74, 6) is 1.14. The average molecular weight is 523 g/mol. The van der Waals surface area contributed by atoms with E-state index in [9.17, 15) is 4.79 Å². The van der Waals surface area contributed by atoms with Gasteiger partial charge in [-0.25, -0.2) is 4.98 Å². The minimum Gasteiger partial charge on any atom is -0.367 e. The second-order valence-electron chi connectivity index (χ2n) is 7.17. The molecule has 0 fully saturated rings. The molecule has 1 N–H and O–H groups in total. The van der Waals surface area contributed by atoms with Crippen LogP contribution in [-0.2, 0) is 6.67 Å². The van der Waals surface area contributed by atoms with Crippen LogP contribution in [0.2, 0.25) is 0 Å². The number of thioether (sulfide) groups is 1. The van der Waals surface area contributed by atoms with Crippen molar-refractivity contribution in [2.24, 2.45) is 0 Å². The Labute approximate surface area is 196 Å². The maximum atomic E-state index is 12.4. The van der Waals surface area contributed by atoms with Crippen molar-refractivity contribution in [3.8, 4) is 0 Å². The lowest BCUT2D eigenvalue weighted by atomic mass is 10.2. The highest BCUT2D eigenvalue weighted by Crippen LogP contribution is 2.32. The van der Waals surface area contributed by atoms with Crippen LogP contribution in [0.5, 0.6) is 0 Å². The van der Waals surface area contributed by atoms with Gasteiger partial charge >= 0.3 is 4.87 Å². The van der Waals surface area contributed by atoms with Crippen molar-refractivity contribution in [1.29, 1.82) is 0 Å². The fraction of sp³-hybridized carbons (Fsp3) is 0.364. The van der Waals surface area contributed by atoms with Crippen LogP contribution in [0, 0.1) is 0 Å². The third kappa shape index (κ3) is 5.28. The van der Waals surface area contributed by atoms with Gasteiger partial charge in [-0.1, -0.05) is 71.6 Å². The van der Waals surface area contributed by atoms with E-state index in [1.54, 1.807) is 15.9 Å². The van der Waals surface area contributed by atoms with E-state index in [2.05, 4.69) is 40.3 Å². The van der Waals surface area contributed by atoms with Crippen molar-refractivity contribution in [3.05, 3.63) is 50.5 Å². The number of thiazole rings is 2. The third-order valence-corrected chi connectivity index (χ3v) is 8.60. The molecule has 0 saturated carbocycles. The van der Waals surface area contributed by atoms with Crippen LogP contribution in [0.3, 0.4) is 0 Å². The maximum absolute atomic E-state index is 12.4. The van der Waals surface area contributed by atoms with E-state index in [1.165, 1.54) is 48.1 Å². The van der Waals surface area contributed by atoms with Gasteiger partial charge in [-0.2, -0.15) is 0 Å². The molecule has 158 valence electrons. The second kappa shape index (κ2) is 10.3. The second-order valence-corrected chi connectivity index (χ2v) is 11.4. The van der Waals surface area contributed by atoms with Gasteiger partial charge in [0.1, 0.15) is 0 Å². The Kier molecular flexibility index (Phi) is 7.51. The fourth-order valence-electron chi connectivity index (χ4n) is 3.30. The first-order valence-corrected chi connectivity index (χ1v) is 13.6. The minimum atomic E-state index is 0.0482. The minimum absolute atomic E-state index is 0.0482. The topological polar surface area (TPSA) is 46.9 Å². The summed E-state index contributed by atoms with van der Waals surface area (Å²) in [5, 5.41) is 3.40. The molecule has 0 saturated heterocycles. The van der Waals surface area contributed by atoms with E-state index in [1.807, 2.05) is 36.0 Å². The fourth-order valence-corrected chi connectivity index (χ4v) is 6.92. The van der Waals surface area contributed by atoms with Gasteiger partial charge in [0.2, 0.25) is 0 Å². The van der Waals surface area contributed by atoms with E-state index < -0.39 is 0 Å². The molecule has 30 heavy (non-hydrogen) atoms. The van der Waals surface area contributed by atoms with Crippen molar-refractivity contribution < 1.29 is 0 Å². The lowest BCUT2D eigenvalue weighted by Crippen LogP contribution is -2.18. The zero-order valence-corrected chi connectivity index (χ0v) is 20.9. The Morgan fingerprint density at radius 3 is 2.80 bits per heavy atom. The number of hydrogen-bond acceptors (Lipinski definition) is 6. The van der Waals surface area contributed by atoms with Crippen molar-refractivity contribution in [1.82, 2.24) is 9.55 Å². The molecular weight excluding hydrogens is 498 g/mol. The predicted octanol–water partition coefficient (Wildman–Crippen LogP) is 7.57. The molecule has 0 aliphatic carbocycles. The van der Waals surface area contributed by atoms with Crippen LogP contribution in [0.1, 0.15) is 39.0 Å². The zero-order valence-electron chi connectivity index (χ0n) is 16.8. The summed E-state index contributed by atoms with van der Waals surface area (Å²) < 4.78 is 6.08. The lowest BCUT2D eigenvalue weighted by molar-refractivity contribution is 0.659. The Morgan fingerprint density at radius 2 is 1.93 bits per heavy atom. The molecule has 2 aromatic heterocycles. The first-order chi connectivity index (χ1) is 14.6. The van der Waals surface area contributed by atoms with Gasteiger partial charge in [0.05, 0.1) is 27.1 Å². The first-order valence-electron chi connectivity index (χ1n) is 10.2. The number of aromatic nitrogens is 2. The summed E-state index contributed by atoms with van der Waals surface area (Å²) in [6.45, 7) is 2.70. The van der Waals surface area contributed by atoms with Gasteiger partial charge in [-0.15, -0.1) is 11.3 Å². The number of halogens is 1. The zero-order chi connectivity index (χ0) is 20.9. The van der Waals surface area contributed by atoms with Gasteiger partial charge < -0.3 is 5.32 Å².